The zero-order valence-electron chi connectivity index (χ0n) is 11.1. The number of imidazole rings is 1. The molecule has 0 saturated heterocycles. The Hall–Kier alpha value is -1.88. The Kier molecular flexibility index (Phi) is 2.78. The van der Waals surface area contributed by atoms with Gasteiger partial charge in [-0.25, -0.2) is 4.98 Å². The Morgan fingerprint density at radius 2 is 2.37 bits per heavy atom. The average Bonchev–Trinajstić information content (AvgIpc) is 3.10. The van der Waals surface area contributed by atoms with E-state index in [-0.39, 0.29) is 12.0 Å². The van der Waals surface area contributed by atoms with Crippen LogP contribution in [0.2, 0.25) is 0 Å². The number of hydrogen-bond acceptors (Lipinski definition) is 3. The first-order valence-corrected chi connectivity index (χ1v) is 6.39. The fraction of sp³-hybridized carbons (Fsp3) is 0.429. The van der Waals surface area contributed by atoms with Crippen LogP contribution in [-0.2, 0) is 18.4 Å². The van der Waals surface area contributed by atoms with Gasteiger partial charge in [0, 0.05) is 19.6 Å². The summed E-state index contributed by atoms with van der Waals surface area (Å²) in [5.41, 5.74) is 3.27. The number of carboxylic acids is 1. The second-order valence-electron chi connectivity index (χ2n) is 5.34. The van der Waals surface area contributed by atoms with Crippen LogP contribution in [0.15, 0.2) is 24.5 Å². The lowest BCUT2D eigenvalue weighted by atomic mass is 10.2. The lowest BCUT2D eigenvalue weighted by Gasteiger charge is -2.16. The molecule has 1 aromatic heterocycles. The van der Waals surface area contributed by atoms with E-state index >= 15 is 0 Å². The summed E-state index contributed by atoms with van der Waals surface area (Å²) in [5, 5.41) is 8.94. The van der Waals surface area contributed by atoms with Crippen molar-refractivity contribution < 1.29 is 9.90 Å². The molecule has 0 spiro atoms. The summed E-state index contributed by atoms with van der Waals surface area (Å²) < 4.78 is 1.99. The van der Waals surface area contributed by atoms with Gasteiger partial charge in [0.05, 0.1) is 23.3 Å². The van der Waals surface area contributed by atoms with Crippen LogP contribution < -0.4 is 0 Å². The van der Waals surface area contributed by atoms with E-state index in [4.69, 9.17) is 5.11 Å². The van der Waals surface area contributed by atoms with Gasteiger partial charge in [0.1, 0.15) is 0 Å². The summed E-state index contributed by atoms with van der Waals surface area (Å²) in [5.74, 6) is -0.874. The molecular weight excluding hydrogens is 242 g/mol. The van der Waals surface area contributed by atoms with Crippen LogP contribution in [0.3, 0.4) is 0 Å². The third-order valence-corrected chi connectivity index (χ3v) is 3.86. The number of rotatable bonds is 4. The molecule has 1 N–H and O–H groups in total. The molecule has 1 heterocycles. The van der Waals surface area contributed by atoms with E-state index in [1.807, 2.05) is 18.7 Å². The van der Waals surface area contributed by atoms with Gasteiger partial charge in [-0.15, -0.1) is 0 Å². The molecule has 0 radical (unpaired) electrons. The number of aromatic nitrogens is 2. The largest absolute Gasteiger partial charge is 0.481 e. The van der Waals surface area contributed by atoms with E-state index in [0.717, 1.165) is 24.0 Å². The predicted octanol–water partition coefficient (Wildman–Crippen LogP) is 1.48. The first kappa shape index (κ1) is 12.2. The molecule has 3 rings (SSSR count). The molecule has 0 amide bonds. The molecule has 2 aromatic rings. The molecule has 0 bridgehead atoms. The third-order valence-electron chi connectivity index (χ3n) is 3.86. The van der Waals surface area contributed by atoms with Gasteiger partial charge in [-0.05, 0) is 31.2 Å². The van der Waals surface area contributed by atoms with E-state index in [1.54, 1.807) is 6.33 Å². The van der Waals surface area contributed by atoms with Gasteiger partial charge in [0.2, 0.25) is 0 Å². The van der Waals surface area contributed by atoms with Crippen LogP contribution in [0, 0.1) is 5.92 Å². The van der Waals surface area contributed by atoms with Crippen LogP contribution in [0.5, 0.6) is 0 Å². The van der Waals surface area contributed by atoms with Crippen molar-refractivity contribution >= 4 is 17.0 Å². The first-order valence-electron chi connectivity index (χ1n) is 6.39. The van der Waals surface area contributed by atoms with Gasteiger partial charge >= 0.3 is 5.97 Å². The topological polar surface area (TPSA) is 58.4 Å². The number of carbonyl (C=O) groups is 1. The van der Waals surface area contributed by atoms with Crippen molar-refractivity contribution in [1.29, 1.82) is 0 Å². The monoisotopic (exact) mass is 259 g/mol. The van der Waals surface area contributed by atoms with Crippen molar-refractivity contribution in [3.8, 4) is 0 Å². The SMILES string of the molecule is CN(Cc1ccc2c(c1)ncn2C)C1CC1C(=O)O. The zero-order chi connectivity index (χ0) is 13.6. The standard InChI is InChI=1S/C14H17N3O2/c1-16(13-6-10(13)14(18)19)7-9-3-4-12-11(5-9)15-8-17(12)2/h3-5,8,10,13H,6-7H2,1-2H3,(H,18,19). The van der Waals surface area contributed by atoms with E-state index in [9.17, 15) is 4.79 Å². The van der Waals surface area contributed by atoms with Crippen molar-refractivity contribution in [3.63, 3.8) is 0 Å². The smallest absolute Gasteiger partial charge is 0.308 e. The molecule has 1 aliphatic rings. The van der Waals surface area contributed by atoms with Gasteiger partial charge in [-0.2, -0.15) is 0 Å². The van der Waals surface area contributed by atoms with Gasteiger partial charge in [0.15, 0.2) is 0 Å². The molecule has 1 fully saturated rings. The normalized spacial score (nSPS) is 22.1. The van der Waals surface area contributed by atoms with Crippen LogP contribution in [0.4, 0.5) is 0 Å². The number of carboxylic acid groups (broad SMARTS) is 1. The van der Waals surface area contributed by atoms with E-state index < -0.39 is 5.97 Å². The lowest BCUT2D eigenvalue weighted by molar-refractivity contribution is -0.138. The molecule has 5 nitrogen and oxygen atoms in total. The Morgan fingerprint density at radius 3 is 3.05 bits per heavy atom. The van der Waals surface area contributed by atoms with Crippen LogP contribution in [0.1, 0.15) is 12.0 Å². The molecule has 19 heavy (non-hydrogen) atoms. The molecule has 100 valence electrons. The quantitative estimate of drug-likeness (QED) is 0.903. The summed E-state index contributed by atoms with van der Waals surface area (Å²) in [4.78, 5) is 17.3. The van der Waals surface area contributed by atoms with Gasteiger partial charge in [-0.1, -0.05) is 6.07 Å². The van der Waals surface area contributed by atoms with E-state index in [0.29, 0.717) is 0 Å². The summed E-state index contributed by atoms with van der Waals surface area (Å²) in [6, 6.07) is 6.40. The predicted molar refractivity (Wildman–Crippen MR) is 71.7 cm³/mol. The molecule has 1 aliphatic carbocycles. The Bertz CT molecular complexity index is 635. The first-order chi connectivity index (χ1) is 9.06. The minimum absolute atomic E-state index is 0.178. The van der Waals surface area contributed by atoms with Crippen molar-refractivity contribution in [3.05, 3.63) is 30.1 Å². The number of aryl methyl sites for hydroxylation is 1. The fourth-order valence-corrected chi connectivity index (χ4v) is 2.62. The van der Waals surface area contributed by atoms with Crippen LogP contribution in [-0.4, -0.2) is 38.6 Å². The highest BCUT2D eigenvalue weighted by atomic mass is 16.4. The number of nitrogens with zero attached hydrogens (tertiary/aromatic N) is 3. The molecule has 1 aromatic carbocycles. The highest BCUT2D eigenvalue weighted by Crippen LogP contribution is 2.35. The Morgan fingerprint density at radius 1 is 1.58 bits per heavy atom. The molecule has 5 heteroatoms. The molecule has 1 saturated carbocycles. The van der Waals surface area contributed by atoms with Gasteiger partial charge in [-0.3, -0.25) is 9.69 Å². The van der Waals surface area contributed by atoms with Crippen molar-refractivity contribution in [2.24, 2.45) is 13.0 Å². The van der Waals surface area contributed by atoms with Gasteiger partial charge < -0.3 is 9.67 Å². The molecule has 2 unspecified atom stereocenters. The fourth-order valence-electron chi connectivity index (χ4n) is 2.62. The maximum atomic E-state index is 10.9. The average molecular weight is 259 g/mol. The minimum atomic E-state index is -0.683. The van der Waals surface area contributed by atoms with Crippen molar-refractivity contribution in [1.82, 2.24) is 14.5 Å². The molecule has 0 aliphatic heterocycles. The minimum Gasteiger partial charge on any atom is -0.481 e. The van der Waals surface area contributed by atoms with Crippen molar-refractivity contribution in [2.45, 2.75) is 19.0 Å². The zero-order valence-corrected chi connectivity index (χ0v) is 11.1. The highest BCUT2D eigenvalue weighted by molar-refractivity contribution is 5.76. The lowest BCUT2D eigenvalue weighted by Crippen LogP contribution is -2.23. The summed E-state index contributed by atoms with van der Waals surface area (Å²) >= 11 is 0. The maximum absolute atomic E-state index is 10.9. The van der Waals surface area contributed by atoms with Crippen molar-refractivity contribution in [2.75, 3.05) is 7.05 Å². The number of benzene rings is 1. The summed E-state index contributed by atoms with van der Waals surface area (Å²) in [6.45, 7) is 0.765. The van der Waals surface area contributed by atoms with Gasteiger partial charge in [0.25, 0.3) is 0 Å². The van der Waals surface area contributed by atoms with Crippen LogP contribution in [0.25, 0.3) is 11.0 Å². The van der Waals surface area contributed by atoms with E-state index in [2.05, 4.69) is 28.1 Å². The Labute approximate surface area is 111 Å². The molecular formula is C14H17N3O2. The van der Waals surface area contributed by atoms with Crippen LogP contribution >= 0.6 is 0 Å². The number of aliphatic carboxylic acids is 1. The number of fused-ring (bicyclic) bond motifs is 1. The van der Waals surface area contributed by atoms with E-state index in [1.165, 1.54) is 5.56 Å². The number of hydrogen-bond donors (Lipinski definition) is 1. The molecule has 2 atom stereocenters. The second-order valence-corrected chi connectivity index (χ2v) is 5.34. The second kappa shape index (κ2) is 4.35. The Balaban J connectivity index is 1.73. The summed E-state index contributed by atoms with van der Waals surface area (Å²) in [6.07, 6.45) is 2.57. The summed E-state index contributed by atoms with van der Waals surface area (Å²) in [7, 11) is 3.96. The third kappa shape index (κ3) is 2.21. The maximum Gasteiger partial charge on any atom is 0.308 e. The highest BCUT2D eigenvalue weighted by Gasteiger charge is 2.45.